The van der Waals surface area contributed by atoms with E-state index in [1.165, 1.54) is 0 Å². The molecular weight excluding hydrogens is 364 g/mol. The minimum absolute atomic E-state index is 0.00336. The minimum Gasteiger partial charge on any atom is -0.475 e. The van der Waals surface area contributed by atoms with Gasteiger partial charge < -0.3 is 9.30 Å². The van der Waals surface area contributed by atoms with Crippen LogP contribution in [0.4, 0.5) is 0 Å². The molecule has 0 aliphatic carbocycles. The van der Waals surface area contributed by atoms with E-state index in [1.54, 1.807) is 24.7 Å². The Morgan fingerprint density at radius 3 is 2.69 bits per heavy atom. The summed E-state index contributed by atoms with van der Waals surface area (Å²) < 4.78 is 7.56. The number of pyridine rings is 2. The fourth-order valence-corrected chi connectivity index (χ4v) is 3.23. The number of ketones is 1. The summed E-state index contributed by atoms with van der Waals surface area (Å²) in [6.45, 7) is 3.85. The van der Waals surface area contributed by atoms with Crippen molar-refractivity contribution in [1.82, 2.24) is 19.5 Å². The monoisotopic (exact) mass is 386 g/mol. The number of aryl methyl sites for hydroxylation is 1. The van der Waals surface area contributed by atoms with Crippen LogP contribution in [0.3, 0.4) is 0 Å². The molecule has 6 nitrogen and oxygen atoms in total. The summed E-state index contributed by atoms with van der Waals surface area (Å²) in [4.78, 5) is 25.6. The van der Waals surface area contributed by atoms with E-state index in [0.29, 0.717) is 11.4 Å². The Bertz CT molecular complexity index is 1180. The van der Waals surface area contributed by atoms with Crippen LogP contribution in [0.5, 0.6) is 5.88 Å². The van der Waals surface area contributed by atoms with Crippen molar-refractivity contribution in [1.29, 1.82) is 0 Å². The Labute approximate surface area is 169 Å². The Morgan fingerprint density at radius 2 is 1.93 bits per heavy atom. The molecule has 0 unspecified atom stereocenters. The molecular formula is C23H22N4O2. The molecule has 3 aromatic heterocycles. The largest absolute Gasteiger partial charge is 0.475 e. The van der Waals surface area contributed by atoms with Gasteiger partial charge in [-0.15, -0.1) is 0 Å². The van der Waals surface area contributed by atoms with Crippen molar-refractivity contribution >= 4 is 16.6 Å². The molecule has 0 spiro atoms. The number of fused-ring (bicyclic) bond motifs is 1. The van der Waals surface area contributed by atoms with E-state index in [0.717, 1.165) is 27.7 Å². The third-order valence-electron chi connectivity index (χ3n) is 4.65. The van der Waals surface area contributed by atoms with E-state index >= 15 is 0 Å². The number of Topliss-reactive ketones (excluding diaryl/α,β-unsaturated/α-hetero) is 1. The Balaban J connectivity index is 1.59. The summed E-state index contributed by atoms with van der Waals surface area (Å²) in [7, 11) is 1.97. The SMILES string of the molecule is CC(C)Oc1cc(C(=O)Cc2cc3cc(-c4cncn4C)ccc3cn2)ccn1. The molecule has 0 amide bonds. The van der Waals surface area contributed by atoms with E-state index < -0.39 is 0 Å². The highest BCUT2D eigenvalue weighted by atomic mass is 16.5. The van der Waals surface area contributed by atoms with Crippen molar-refractivity contribution in [2.45, 2.75) is 26.4 Å². The lowest BCUT2D eigenvalue weighted by molar-refractivity contribution is 0.0991. The predicted molar refractivity (Wildman–Crippen MR) is 112 cm³/mol. The summed E-state index contributed by atoms with van der Waals surface area (Å²) in [5.41, 5.74) is 3.41. The van der Waals surface area contributed by atoms with E-state index in [9.17, 15) is 4.79 Å². The van der Waals surface area contributed by atoms with Gasteiger partial charge >= 0.3 is 0 Å². The molecule has 0 radical (unpaired) electrons. The fourth-order valence-electron chi connectivity index (χ4n) is 3.23. The Hall–Kier alpha value is -3.54. The second kappa shape index (κ2) is 7.83. The van der Waals surface area contributed by atoms with E-state index in [1.807, 2.05) is 50.0 Å². The van der Waals surface area contributed by atoms with Gasteiger partial charge in [-0.25, -0.2) is 9.97 Å². The predicted octanol–water partition coefficient (Wildman–Crippen LogP) is 4.24. The van der Waals surface area contributed by atoms with Crippen LogP contribution in [0.15, 0.2) is 61.3 Å². The molecule has 0 N–H and O–H groups in total. The number of rotatable bonds is 6. The average Bonchev–Trinajstić information content (AvgIpc) is 3.13. The summed E-state index contributed by atoms with van der Waals surface area (Å²) >= 11 is 0. The maximum absolute atomic E-state index is 12.8. The van der Waals surface area contributed by atoms with Crippen molar-refractivity contribution in [2.75, 3.05) is 0 Å². The Kier molecular flexibility index (Phi) is 5.08. The second-order valence-electron chi connectivity index (χ2n) is 7.28. The average molecular weight is 386 g/mol. The van der Waals surface area contributed by atoms with Gasteiger partial charge in [0.15, 0.2) is 5.78 Å². The zero-order valence-corrected chi connectivity index (χ0v) is 16.7. The summed E-state index contributed by atoms with van der Waals surface area (Å²) in [6, 6.07) is 11.6. The number of carbonyl (C=O) groups excluding carboxylic acids is 1. The second-order valence-corrected chi connectivity index (χ2v) is 7.28. The van der Waals surface area contributed by atoms with Gasteiger partial charge in [-0.05, 0) is 37.4 Å². The number of carbonyl (C=O) groups is 1. The first-order valence-corrected chi connectivity index (χ1v) is 9.51. The molecule has 146 valence electrons. The Morgan fingerprint density at radius 1 is 1.07 bits per heavy atom. The third kappa shape index (κ3) is 4.16. The lowest BCUT2D eigenvalue weighted by Gasteiger charge is -2.09. The molecule has 0 saturated carbocycles. The molecule has 4 aromatic rings. The van der Waals surface area contributed by atoms with Crippen LogP contribution in [0.1, 0.15) is 29.9 Å². The van der Waals surface area contributed by atoms with Crippen LogP contribution < -0.4 is 4.74 Å². The number of aromatic nitrogens is 4. The molecule has 1 aromatic carbocycles. The number of hydrogen-bond acceptors (Lipinski definition) is 5. The van der Waals surface area contributed by atoms with E-state index in [2.05, 4.69) is 27.1 Å². The number of hydrogen-bond donors (Lipinski definition) is 0. The van der Waals surface area contributed by atoms with Crippen LogP contribution >= 0.6 is 0 Å². The maximum atomic E-state index is 12.8. The highest BCUT2D eigenvalue weighted by Crippen LogP contribution is 2.24. The number of ether oxygens (including phenoxy) is 1. The van der Waals surface area contributed by atoms with Gasteiger partial charge in [0.1, 0.15) is 0 Å². The molecule has 0 saturated heterocycles. The summed E-state index contributed by atoms with van der Waals surface area (Å²) in [5.74, 6) is 0.439. The molecule has 29 heavy (non-hydrogen) atoms. The van der Waals surface area contributed by atoms with Crippen molar-refractivity contribution < 1.29 is 9.53 Å². The quantitative estimate of drug-likeness (QED) is 0.464. The van der Waals surface area contributed by atoms with Gasteiger partial charge in [-0.2, -0.15) is 0 Å². The van der Waals surface area contributed by atoms with Crippen LogP contribution in [-0.2, 0) is 13.5 Å². The van der Waals surface area contributed by atoms with Crippen molar-refractivity contribution in [3.8, 4) is 17.1 Å². The maximum Gasteiger partial charge on any atom is 0.214 e. The standard InChI is InChI=1S/C23H22N4O2/c1-15(2)29-23-10-17(6-7-25-23)22(28)11-20-9-19-8-16(4-5-18(19)12-26-20)21-13-24-14-27(21)3/h4-10,12-15H,11H2,1-3H3. The zero-order valence-electron chi connectivity index (χ0n) is 16.7. The molecule has 0 aliphatic heterocycles. The first-order valence-electron chi connectivity index (χ1n) is 9.51. The molecule has 0 aliphatic rings. The molecule has 0 atom stereocenters. The minimum atomic E-state index is -0.0179. The van der Waals surface area contributed by atoms with E-state index in [4.69, 9.17) is 4.74 Å². The number of nitrogens with zero attached hydrogens (tertiary/aromatic N) is 4. The normalized spacial score (nSPS) is 11.2. The molecule has 0 bridgehead atoms. The summed E-state index contributed by atoms with van der Waals surface area (Å²) in [6.07, 6.45) is 7.25. The topological polar surface area (TPSA) is 69.9 Å². The van der Waals surface area contributed by atoms with Gasteiger partial charge in [0, 0.05) is 47.7 Å². The summed E-state index contributed by atoms with van der Waals surface area (Å²) in [5, 5.41) is 2.07. The van der Waals surface area contributed by atoms with Crippen LogP contribution in [0.25, 0.3) is 22.0 Å². The number of imidazole rings is 1. The highest BCUT2D eigenvalue weighted by Gasteiger charge is 2.12. The molecule has 3 heterocycles. The van der Waals surface area contributed by atoms with Crippen molar-refractivity contribution in [3.05, 3.63) is 72.6 Å². The lowest BCUT2D eigenvalue weighted by atomic mass is 10.0. The number of benzene rings is 1. The smallest absolute Gasteiger partial charge is 0.214 e. The van der Waals surface area contributed by atoms with Gasteiger partial charge in [0.25, 0.3) is 0 Å². The fraction of sp³-hybridized carbons (Fsp3) is 0.217. The van der Waals surface area contributed by atoms with Gasteiger partial charge in [0.05, 0.1) is 30.7 Å². The third-order valence-corrected chi connectivity index (χ3v) is 4.65. The van der Waals surface area contributed by atoms with Crippen LogP contribution in [0.2, 0.25) is 0 Å². The van der Waals surface area contributed by atoms with E-state index in [-0.39, 0.29) is 18.3 Å². The lowest BCUT2D eigenvalue weighted by Crippen LogP contribution is -2.09. The van der Waals surface area contributed by atoms with Gasteiger partial charge in [-0.3, -0.25) is 9.78 Å². The van der Waals surface area contributed by atoms with Crippen molar-refractivity contribution in [3.63, 3.8) is 0 Å². The van der Waals surface area contributed by atoms with Crippen LogP contribution in [0, 0.1) is 0 Å². The molecule has 4 rings (SSSR count). The first-order chi connectivity index (χ1) is 14.0. The first kappa shape index (κ1) is 18.8. The highest BCUT2D eigenvalue weighted by molar-refractivity contribution is 5.98. The van der Waals surface area contributed by atoms with Gasteiger partial charge in [-0.1, -0.05) is 12.1 Å². The van der Waals surface area contributed by atoms with Crippen molar-refractivity contribution in [2.24, 2.45) is 7.05 Å². The van der Waals surface area contributed by atoms with Gasteiger partial charge in [0.2, 0.25) is 5.88 Å². The van der Waals surface area contributed by atoms with Crippen LogP contribution in [-0.4, -0.2) is 31.4 Å². The molecule has 0 fully saturated rings. The molecule has 6 heteroatoms. The zero-order chi connectivity index (χ0) is 20.4.